The molecule has 0 radical (unpaired) electrons. The number of benzene rings is 3. The molecule has 4 rings (SSSR count). The van der Waals surface area contributed by atoms with E-state index < -0.39 is 12.0 Å². The van der Waals surface area contributed by atoms with Crippen molar-refractivity contribution in [2.45, 2.75) is 78.2 Å². The summed E-state index contributed by atoms with van der Waals surface area (Å²) in [6.07, 6.45) is 6.52. The van der Waals surface area contributed by atoms with Crippen molar-refractivity contribution >= 4 is 40.3 Å². The highest BCUT2D eigenvalue weighted by molar-refractivity contribution is 7.98. The van der Waals surface area contributed by atoms with Gasteiger partial charge in [-0.1, -0.05) is 74.9 Å². The third-order valence-corrected chi connectivity index (χ3v) is 9.58. The van der Waals surface area contributed by atoms with E-state index in [1.54, 1.807) is 50.3 Å². The summed E-state index contributed by atoms with van der Waals surface area (Å²) >= 11 is 1.61. The summed E-state index contributed by atoms with van der Waals surface area (Å²) in [5.41, 5.74) is 3.44. The van der Waals surface area contributed by atoms with Gasteiger partial charge in [-0.2, -0.15) is 17.0 Å². The molecule has 2 N–H and O–H groups in total. The molecule has 2 amide bonds. The number of aromatic nitrogens is 2. The Morgan fingerprint density at radius 3 is 2.45 bits per heavy atom. The Labute approximate surface area is 306 Å². The minimum absolute atomic E-state index is 0.0358. The van der Waals surface area contributed by atoms with E-state index in [4.69, 9.17) is 10.00 Å². The first kappa shape index (κ1) is 39.1. The van der Waals surface area contributed by atoms with Crippen molar-refractivity contribution in [1.29, 1.82) is 5.26 Å². The molecule has 0 fully saturated rings. The number of hydrogen-bond acceptors (Lipinski definition) is 8. The highest BCUT2D eigenvalue weighted by Crippen LogP contribution is 2.21. The maximum Gasteiger partial charge on any atom is 0.328 e. The molecule has 3 atom stereocenters. The standard InChI is InChI=1S/C40H50N6O4S/c1-6-29(4)37(44-38(47)20-34-22-42-27-46(34)23-31-16-14-30(21-41)15-17-31)25-45(24-33-12-9-11-32-10-7-8-13-35(32)33)26-39(48)43-36(18-19-51-5)40(49)50-28(2)3/h7-17,22,27-29,36-37H,6,18-20,23-26H2,1-5H3,(H,43,48)(H,44,47)/t29-,36-,37+/m0/s1. The molecule has 0 spiro atoms. The van der Waals surface area contributed by atoms with Crippen LogP contribution < -0.4 is 10.6 Å². The molecule has 0 bridgehead atoms. The number of rotatable bonds is 19. The number of nitrogens with zero attached hydrogens (tertiary/aromatic N) is 4. The molecule has 11 heteroatoms. The van der Waals surface area contributed by atoms with Crippen LogP contribution in [0.3, 0.4) is 0 Å². The fraction of sp³-hybridized carbons (Fsp3) is 0.425. The lowest BCUT2D eigenvalue weighted by molar-refractivity contribution is -0.151. The summed E-state index contributed by atoms with van der Waals surface area (Å²) in [4.78, 5) is 46.6. The topological polar surface area (TPSA) is 129 Å². The monoisotopic (exact) mass is 710 g/mol. The van der Waals surface area contributed by atoms with Gasteiger partial charge in [-0.3, -0.25) is 14.5 Å². The van der Waals surface area contributed by atoms with Gasteiger partial charge in [0.05, 0.1) is 37.0 Å². The number of nitrogens with one attached hydrogen (secondary N) is 2. The predicted octanol–water partition coefficient (Wildman–Crippen LogP) is 5.72. The van der Waals surface area contributed by atoms with Gasteiger partial charge in [-0.25, -0.2) is 9.78 Å². The zero-order chi connectivity index (χ0) is 36.8. The zero-order valence-electron chi connectivity index (χ0n) is 30.3. The van der Waals surface area contributed by atoms with Crippen molar-refractivity contribution in [3.8, 4) is 6.07 Å². The molecule has 1 heterocycles. The quantitative estimate of drug-likeness (QED) is 0.118. The maximum absolute atomic E-state index is 13.7. The molecular formula is C40H50N6O4S. The van der Waals surface area contributed by atoms with E-state index in [1.807, 2.05) is 41.2 Å². The summed E-state index contributed by atoms with van der Waals surface area (Å²) in [5, 5.41) is 17.6. The van der Waals surface area contributed by atoms with Gasteiger partial charge >= 0.3 is 5.97 Å². The van der Waals surface area contributed by atoms with Crippen LogP contribution in [0.2, 0.25) is 0 Å². The molecule has 0 saturated carbocycles. The van der Waals surface area contributed by atoms with Crippen LogP contribution in [0.1, 0.15) is 62.9 Å². The maximum atomic E-state index is 13.7. The Morgan fingerprint density at radius 2 is 1.75 bits per heavy atom. The van der Waals surface area contributed by atoms with Gasteiger partial charge in [-0.15, -0.1) is 0 Å². The van der Waals surface area contributed by atoms with Crippen LogP contribution in [-0.4, -0.2) is 75.5 Å². The van der Waals surface area contributed by atoms with Crippen LogP contribution in [0, 0.1) is 17.2 Å². The Morgan fingerprint density at radius 1 is 1.00 bits per heavy atom. The van der Waals surface area contributed by atoms with Crippen molar-refractivity contribution in [3.05, 3.63) is 102 Å². The minimum Gasteiger partial charge on any atom is -0.461 e. The molecule has 0 aliphatic heterocycles. The first-order chi connectivity index (χ1) is 24.6. The number of fused-ring (bicyclic) bond motifs is 1. The Hall–Kier alpha value is -4.66. The molecule has 10 nitrogen and oxygen atoms in total. The van der Waals surface area contributed by atoms with Gasteiger partial charge in [0, 0.05) is 37.6 Å². The lowest BCUT2D eigenvalue weighted by Crippen LogP contribution is -2.51. The second kappa shape index (κ2) is 19.7. The third-order valence-electron chi connectivity index (χ3n) is 8.93. The second-order valence-corrected chi connectivity index (χ2v) is 14.2. The van der Waals surface area contributed by atoms with Gasteiger partial charge < -0.3 is 19.9 Å². The smallest absolute Gasteiger partial charge is 0.328 e. The number of nitriles is 1. The van der Waals surface area contributed by atoms with Crippen molar-refractivity contribution in [3.63, 3.8) is 0 Å². The van der Waals surface area contributed by atoms with E-state index in [1.165, 1.54) is 0 Å². The molecule has 3 aromatic carbocycles. The van der Waals surface area contributed by atoms with E-state index in [9.17, 15) is 14.4 Å². The fourth-order valence-electron chi connectivity index (χ4n) is 5.97. The first-order valence-electron chi connectivity index (χ1n) is 17.5. The molecule has 51 heavy (non-hydrogen) atoms. The average Bonchev–Trinajstić information content (AvgIpc) is 3.55. The molecule has 0 unspecified atom stereocenters. The Kier molecular flexibility index (Phi) is 15.1. The Balaban J connectivity index is 1.53. The van der Waals surface area contributed by atoms with Gasteiger partial charge in [0.15, 0.2) is 0 Å². The van der Waals surface area contributed by atoms with Crippen molar-refractivity contribution in [1.82, 2.24) is 25.1 Å². The van der Waals surface area contributed by atoms with Crippen LogP contribution >= 0.6 is 11.8 Å². The largest absolute Gasteiger partial charge is 0.461 e. The summed E-state index contributed by atoms with van der Waals surface area (Å²) in [7, 11) is 0. The Bertz CT molecular complexity index is 1780. The van der Waals surface area contributed by atoms with Crippen LogP contribution in [0.5, 0.6) is 0 Å². The lowest BCUT2D eigenvalue weighted by atomic mass is 9.97. The van der Waals surface area contributed by atoms with Crippen molar-refractivity contribution < 1.29 is 19.1 Å². The van der Waals surface area contributed by atoms with E-state index in [2.05, 4.69) is 64.7 Å². The van der Waals surface area contributed by atoms with Crippen LogP contribution in [0.4, 0.5) is 0 Å². The van der Waals surface area contributed by atoms with Crippen molar-refractivity contribution in [2.24, 2.45) is 5.92 Å². The summed E-state index contributed by atoms with van der Waals surface area (Å²) in [6, 6.07) is 22.8. The molecule has 1 aromatic heterocycles. The van der Waals surface area contributed by atoms with E-state index in [-0.39, 0.29) is 42.8 Å². The normalized spacial score (nSPS) is 13.1. The molecule has 270 valence electrons. The first-order valence-corrected chi connectivity index (χ1v) is 18.9. The molecular weight excluding hydrogens is 661 g/mol. The van der Waals surface area contributed by atoms with Crippen molar-refractivity contribution in [2.75, 3.05) is 25.1 Å². The molecule has 4 aromatic rings. The molecule has 0 aliphatic carbocycles. The van der Waals surface area contributed by atoms with E-state index in [0.29, 0.717) is 37.4 Å². The minimum atomic E-state index is -0.744. The number of ether oxygens (including phenoxy) is 1. The molecule has 0 aliphatic rings. The number of carbonyl (C=O) groups excluding carboxylic acids is 3. The summed E-state index contributed by atoms with van der Waals surface area (Å²) in [5.74, 6) is -0.0260. The SMILES string of the molecule is CC[C@H](C)[C@@H](CN(CC(=O)N[C@@H](CCSC)C(=O)OC(C)C)Cc1cccc2ccccc12)NC(=O)Cc1cncn1Cc1ccc(C#N)cc1. The number of amides is 2. The number of carbonyl (C=O) groups is 3. The second-order valence-electron chi connectivity index (χ2n) is 13.3. The number of imidazole rings is 1. The highest BCUT2D eigenvalue weighted by atomic mass is 32.2. The summed E-state index contributed by atoms with van der Waals surface area (Å²) in [6.45, 7) is 9.25. The van der Waals surface area contributed by atoms with E-state index in [0.717, 1.165) is 34.0 Å². The lowest BCUT2D eigenvalue weighted by Gasteiger charge is -2.32. The number of hydrogen-bond donors (Lipinski definition) is 2. The van der Waals surface area contributed by atoms with Gasteiger partial charge in [0.2, 0.25) is 11.8 Å². The zero-order valence-corrected chi connectivity index (χ0v) is 31.1. The van der Waals surface area contributed by atoms with Gasteiger partial charge in [0.25, 0.3) is 0 Å². The van der Waals surface area contributed by atoms with Crippen LogP contribution in [0.15, 0.2) is 79.3 Å². The predicted molar refractivity (Wildman–Crippen MR) is 203 cm³/mol. The summed E-state index contributed by atoms with van der Waals surface area (Å²) < 4.78 is 7.40. The van der Waals surface area contributed by atoms with E-state index >= 15 is 0 Å². The number of thioether (sulfide) groups is 1. The van der Waals surface area contributed by atoms with Crippen LogP contribution in [-0.2, 0) is 38.6 Å². The number of esters is 1. The molecule has 0 saturated heterocycles. The highest BCUT2D eigenvalue weighted by Gasteiger charge is 2.27. The fourth-order valence-corrected chi connectivity index (χ4v) is 6.44. The van der Waals surface area contributed by atoms with Crippen LogP contribution in [0.25, 0.3) is 10.8 Å². The average molecular weight is 711 g/mol. The third kappa shape index (κ3) is 12.0. The van der Waals surface area contributed by atoms with Gasteiger partial charge in [0.1, 0.15) is 6.04 Å². The van der Waals surface area contributed by atoms with Gasteiger partial charge in [-0.05, 0) is 72.2 Å².